The Morgan fingerprint density at radius 3 is 3.00 bits per heavy atom. The first-order valence-corrected chi connectivity index (χ1v) is 7.53. The van der Waals surface area contributed by atoms with Crippen molar-refractivity contribution in [3.05, 3.63) is 28.8 Å². The zero-order chi connectivity index (χ0) is 14.3. The number of unbranched alkanes of at least 4 members (excludes halogenated alkanes) is 1. The maximum Gasteiger partial charge on any atom is 0.237 e. The number of nitrogens with zero attached hydrogens (tertiary/aromatic N) is 1. The van der Waals surface area contributed by atoms with Gasteiger partial charge in [-0.2, -0.15) is 5.26 Å². The van der Waals surface area contributed by atoms with Gasteiger partial charge in [-0.15, -0.1) is 11.8 Å². The van der Waals surface area contributed by atoms with Crippen molar-refractivity contribution in [2.24, 2.45) is 0 Å². The minimum atomic E-state index is -0.142. The molecule has 19 heavy (non-hydrogen) atoms. The number of hydrogen-bond acceptors (Lipinski definition) is 3. The van der Waals surface area contributed by atoms with Gasteiger partial charge in [0, 0.05) is 17.1 Å². The maximum atomic E-state index is 12.0. The van der Waals surface area contributed by atoms with Crippen molar-refractivity contribution in [1.29, 1.82) is 5.26 Å². The lowest BCUT2D eigenvalue weighted by Crippen LogP contribution is -2.23. The van der Waals surface area contributed by atoms with Gasteiger partial charge in [0.05, 0.1) is 11.3 Å². The van der Waals surface area contributed by atoms with Crippen molar-refractivity contribution < 1.29 is 4.79 Å². The van der Waals surface area contributed by atoms with Crippen molar-refractivity contribution in [3.8, 4) is 6.07 Å². The van der Waals surface area contributed by atoms with Crippen LogP contribution in [0.2, 0.25) is 5.02 Å². The fraction of sp³-hybridized carbons (Fsp3) is 0.429. The molecule has 3 nitrogen and oxygen atoms in total. The first-order valence-electron chi connectivity index (χ1n) is 6.10. The maximum absolute atomic E-state index is 12.0. The number of benzene rings is 1. The molecule has 0 aliphatic heterocycles. The average Bonchev–Trinajstić information content (AvgIpc) is 2.39. The fourth-order valence-corrected chi connectivity index (χ4v) is 2.51. The topological polar surface area (TPSA) is 52.9 Å². The van der Waals surface area contributed by atoms with Crippen LogP contribution in [0.15, 0.2) is 18.2 Å². The summed E-state index contributed by atoms with van der Waals surface area (Å²) in [6, 6.07) is 7.55. The highest BCUT2D eigenvalue weighted by molar-refractivity contribution is 8.00. The van der Waals surface area contributed by atoms with E-state index < -0.39 is 0 Å². The molecule has 0 bridgehead atoms. The van der Waals surface area contributed by atoms with Gasteiger partial charge in [0.1, 0.15) is 0 Å². The van der Waals surface area contributed by atoms with Crippen LogP contribution >= 0.6 is 23.4 Å². The van der Waals surface area contributed by atoms with E-state index in [1.54, 1.807) is 17.8 Å². The van der Waals surface area contributed by atoms with Crippen LogP contribution in [-0.4, -0.2) is 16.9 Å². The smallest absolute Gasteiger partial charge is 0.237 e. The number of amides is 1. The minimum Gasteiger partial charge on any atom is -0.325 e. The number of thioether (sulfide) groups is 1. The second kappa shape index (κ2) is 8.08. The lowest BCUT2D eigenvalue weighted by atomic mass is 10.2. The summed E-state index contributed by atoms with van der Waals surface area (Å²) < 4.78 is 0. The van der Waals surface area contributed by atoms with E-state index in [4.69, 9.17) is 16.9 Å². The normalized spacial score (nSPS) is 11.7. The molecular weight excluding hydrogens is 280 g/mol. The van der Waals surface area contributed by atoms with Gasteiger partial charge < -0.3 is 5.32 Å². The summed E-state index contributed by atoms with van der Waals surface area (Å²) in [5.41, 5.74) is 1.63. The molecule has 1 N–H and O–H groups in total. The number of halogens is 1. The second-order valence-electron chi connectivity index (χ2n) is 4.18. The van der Waals surface area contributed by atoms with Gasteiger partial charge in [0.25, 0.3) is 0 Å². The Labute approximate surface area is 123 Å². The summed E-state index contributed by atoms with van der Waals surface area (Å²) in [7, 11) is 0. The van der Waals surface area contributed by atoms with Crippen molar-refractivity contribution in [1.82, 2.24) is 0 Å². The molecule has 1 unspecified atom stereocenters. The van der Waals surface area contributed by atoms with Crippen LogP contribution in [0.1, 0.15) is 25.3 Å². The Kier molecular flexibility index (Phi) is 6.75. The van der Waals surface area contributed by atoms with Gasteiger partial charge in [0.15, 0.2) is 0 Å². The zero-order valence-electron chi connectivity index (χ0n) is 11.1. The second-order valence-corrected chi connectivity index (χ2v) is 6.03. The molecule has 0 radical (unpaired) electrons. The van der Waals surface area contributed by atoms with Gasteiger partial charge in [-0.3, -0.25) is 4.79 Å². The van der Waals surface area contributed by atoms with Crippen LogP contribution in [0.4, 0.5) is 5.69 Å². The highest BCUT2D eigenvalue weighted by Crippen LogP contribution is 2.24. The van der Waals surface area contributed by atoms with Crippen molar-refractivity contribution in [3.63, 3.8) is 0 Å². The van der Waals surface area contributed by atoms with Crippen molar-refractivity contribution >= 4 is 35.0 Å². The molecule has 0 aliphatic carbocycles. The van der Waals surface area contributed by atoms with Crippen molar-refractivity contribution in [2.45, 2.75) is 31.9 Å². The van der Waals surface area contributed by atoms with E-state index in [2.05, 4.69) is 11.4 Å². The summed E-state index contributed by atoms with van der Waals surface area (Å²) in [5, 5.41) is 11.8. The van der Waals surface area contributed by atoms with E-state index in [0.29, 0.717) is 11.4 Å². The van der Waals surface area contributed by atoms with Gasteiger partial charge in [-0.1, -0.05) is 17.7 Å². The molecule has 1 aromatic carbocycles. The summed E-state index contributed by atoms with van der Waals surface area (Å²) in [4.78, 5) is 12.0. The molecule has 1 aromatic rings. The Morgan fingerprint density at radius 1 is 1.58 bits per heavy atom. The average molecular weight is 297 g/mol. The zero-order valence-corrected chi connectivity index (χ0v) is 12.6. The molecule has 0 aliphatic rings. The summed E-state index contributed by atoms with van der Waals surface area (Å²) in [6.07, 6.45) is 1.35. The Balaban J connectivity index is 2.50. The third kappa shape index (κ3) is 5.14. The Morgan fingerprint density at radius 2 is 2.32 bits per heavy atom. The highest BCUT2D eigenvalue weighted by Gasteiger charge is 2.14. The predicted molar refractivity (Wildman–Crippen MR) is 81.6 cm³/mol. The van der Waals surface area contributed by atoms with Gasteiger partial charge in [0.2, 0.25) is 5.91 Å². The number of anilines is 1. The van der Waals surface area contributed by atoms with E-state index in [0.717, 1.165) is 23.4 Å². The third-order valence-electron chi connectivity index (χ3n) is 2.70. The minimum absolute atomic E-state index is 0.0349. The molecule has 0 saturated carbocycles. The summed E-state index contributed by atoms with van der Waals surface area (Å²) >= 11 is 7.57. The fourth-order valence-electron chi connectivity index (χ4n) is 1.46. The Hall–Kier alpha value is -1.18. The number of rotatable bonds is 6. The number of nitrogens with one attached hydrogen (secondary N) is 1. The van der Waals surface area contributed by atoms with E-state index >= 15 is 0 Å². The van der Waals surface area contributed by atoms with Crippen molar-refractivity contribution in [2.75, 3.05) is 11.1 Å². The molecule has 5 heteroatoms. The number of carbonyl (C=O) groups excluding carboxylic acids is 1. The summed E-state index contributed by atoms with van der Waals surface area (Å²) in [5.74, 6) is 0.781. The van der Waals surface area contributed by atoms with E-state index in [1.165, 1.54) is 0 Å². The van der Waals surface area contributed by atoms with Crippen LogP contribution in [0.3, 0.4) is 0 Å². The van der Waals surface area contributed by atoms with Gasteiger partial charge >= 0.3 is 0 Å². The largest absolute Gasteiger partial charge is 0.325 e. The monoisotopic (exact) mass is 296 g/mol. The van der Waals surface area contributed by atoms with E-state index in [9.17, 15) is 4.79 Å². The lowest BCUT2D eigenvalue weighted by Gasteiger charge is -2.13. The first kappa shape index (κ1) is 15.9. The molecule has 0 aromatic heterocycles. The lowest BCUT2D eigenvalue weighted by molar-refractivity contribution is -0.115. The van der Waals surface area contributed by atoms with Crippen LogP contribution in [0, 0.1) is 18.3 Å². The highest BCUT2D eigenvalue weighted by atomic mass is 35.5. The van der Waals surface area contributed by atoms with Crippen LogP contribution < -0.4 is 5.32 Å². The number of carbonyl (C=O) groups is 1. The predicted octanol–water partition coefficient (Wildman–Crippen LogP) is 4.01. The molecular formula is C14H17ClN2OS. The molecule has 0 saturated heterocycles. The van der Waals surface area contributed by atoms with Crippen LogP contribution in [-0.2, 0) is 4.79 Å². The van der Waals surface area contributed by atoms with Crippen LogP contribution in [0.25, 0.3) is 0 Å². The van der Waals surface area contributed by atoms with E-state index in [1.807, 2.05) is 26.0 Å². The molecule has 0 heterocycles. The third-order valence-corrected chi connectivity index (χ3v) is 4.34. The quantitative estimate of drug-likeness (QED) is 0.807. The van der Waals surface area contributed by atoms with Crippen LogP contribution in [0.5, 0.6) is 0 Å². The first-order chi connectivity index (χ1) is 9.06. The molecule has 1 rings (SSSR count). The summed E-state index contributed by atoms with van der Waals surface area (Å²) in [6.45, 7) is 3.74. The SMILES string of the molecule is Cc1c(Cl)cccc1NC(=O)C(C)SCCCC#N. The molecule has 0 fully saturated rings. The van der Waals surface area contributed by atoms with Gasteiger partial charge in [-0.25, -0.2) is 0 Å². The standard InChI is InChI=1S/C14H17ClN2OS/c1-10-12(15)6-5-7-13(10)17-14(18)11(2)19-9-4-3-8-16/h5-7,11H,3-4,9H2,1-2H3,(H,17,18). The van der Waals surface area contributed by atoms with Gasteiger partial charge in [-0.05, 0) is 43.7 Å². The molecule has 102 valence electrons. The molecule has 1 amide bonds. The molecule has 1 atom stereocenters. The van der Waals surface area contributed by atoms with E-state index in [-0.39, 0.29) is 11.2 Å². The number of hydrogen-bond donors (Lipinski definition) is 1. The molecule has 0 spiro atoms. The number of nitriles is 1. The Bertz CT molecular complexity index is 485.